The van der Waals surface area contributed by atoms with Crippen LogP contribution in [0.3, 0.4) is 0 Å². The number of fused-ring (bicyclic) bond motifs is 1. The molecule has 0 bridgehead atoms. The number of ketones is 1. The van der Waals surface area contributed by atoms with Crippen LogP contribution in [-0.2, 0) is 11.3 Å². The molecule has 0 saturated carbocycles. The van der Waals surface area contributed by atoms with E-state index >= 15 is 0 Å². The third-order valence-electron chi connectivity index (χ3n) is 4.10. The Balaban J connectivity index is 1.80. The minimum atomic E-state index is -1.10. The van der Waals surface area contributed by atoms with E-state index in [1.165, 1.54) is 6.33 Å². The molecule has 1 N–H and O–H groups in total. The molecule has 23 heavy (non-hydrogen) atoms. The summed E-state index contributed by atoms with van der Waals surface area (Å²) in [6, 6.07) is 1.85. The predicted molar refractivity (Wildman–Crippen MR) is 81.2 cm³/mol. The molecule has 5 nitrogen and oxygen atoms in total. The third kappa shape index (κ3) is 3.44. The fourth-order valence-corrected chi connectivity index (χ4v) is 2.89. The molecular formula is C16H17F2N3O2. The molecule has 1 aliphatic heterocycles. The van der Waals surface area contributed by atoms with Gasteiger partial charge in [0.15, 0.2) is 17.4 Å². The maximum atomic E-state index is 13.3. The van der Waals surface area contributed by atoms with Crippen LogP contribution in [0.2, 0.25) is 0 Å². The van der Waals surface area contributed by atoms with Gasteiger partial charge in [0, 0.05) is 18.5 Å². The van der Waals surface area contributed by atoms with Crippen molar-refractivity contribution in [2.75, 3.05) is 6.54 Å². The highest BCUT2D eigenvalue weighted by atomic mass is 19.2. The van der Waals surface area contributed by atoms with Crippen LogP contribution >= 0.6 is 0 Å². The van der Waals surface area contributed by atoms with Crippen LogP contribution in [0.15, 0.2) is 23.3 Å². The average Bonchev–Trinajstić information content (AvgIpc) is 2.53. The molecule has 1 atom stereocenters. The van der Waals surface area contributed by atoms with E-state index in [0.717, 1.165) is 42.5 Å². The quantitative estimate of drug-likeness (QED) is 0.932. The normalized spacial score (nSPS) is 18.3. The molecule has 122 valence electrons. The second-order valence-corrected chi connectivity index (χ2v) is 5.85. The zero-order valence-electron chi connectivity index (χ0n) is 12.5. The summed E-state index contributed by atoms with van der Waals surface area (Å²) in [6.45, 7) is 0.791. The molecule has 7 heteroatoms. The number of nitrogens with one attached hydrogen (secondary N) is 1. The molecule has 2 heterocycles. The Morgan fingerprint density at radius 2 is 2.09 bits per heavy atom. The van der Waals surface area contributed by atoms with Crippen molar-refractivity contribution in [1.82, 2.24) is 14.9 Å². The van der Waals surface area contributed by atoms with Crippen molar-refractivity contribution in [3.63, 3.8) is 0 Å². The summed E-state index contributed by atoms with van der Waals surface area (Å²) in [7, 11) is 0. The fraction of sp³-hybridized carbons (Fsp3) is 0.438. The van der Waals surface area contributed by atoms with E-state index < -0.39 is 17.2 Å². The number of aromatic nitrogens is 2. The van der Waals surface area contributed by atoms with Gasteiger partial charge in [0.05, 0.1) is 23.8 Å². The molecule has 0 unspecified atom stereocenters. The number of halogens is 2. The van der Waals surface area contributed by atoms with Crippen molar-refractivity contribution >= 4 is 16.7 Å². The summed E-state index contributed by atoms with van der Waals surface area (Å²) in [5.41, 5.74) is -0.467. The van der Waals surface area contributed by atoms with Crippen molar-refractivity contribution in [2.24, 2.45) is 0 Å². The molecule has 1 saturated heterocycles. The number of hydrogen-bond donors (Lipinski definition) is 1. The Morgan fingerprint density at radius 3 is 2.83 bits per heavy atom. The first-order valence-corrected chi connectivity index (χ1v) is 7.64. The van der Waals surface area contributed by atoms with Crippen LogP contribution in [-0.4, -0.2) is 27.9 Å². The average molecular weight is 321 g/mol. The summed E-state index contributed by atoms with van der Waals surface area (Å²) in [5.74, 6) is -2.25. The second-order valence-electron chi connectivity index (χ2n) is 5.85. The van der Waals surface area contributed by atoms with E-state index in [9.17, 15) is 18.4 Å². The Bertz CT molecular complexity index is 798. The lowest BCUT2D eigenvalue weighted by atomic mass is 10.00. The van der Waals surface area contributed by atoms with Crippen LogP contribution in [0.1, 0.15) is 25.7 Å². The van der Waals surface area contributed by atoms with Crippen molar-refractivity contribution in [3.05, 3.63) is 40.4 Å². The third-order valence-corrected chi connectivity index (χ3v) is 4.10. The van der Waals surface area contributed by atoms with Gasteiger partial charge in [-0.25, -0.2) is 13.8 Å². The molecule has 0 radical (unpaired) electrons. The molecule has 0 aliphatic carbocycles. The van der Waals surface area contributed by atoms with Crippen molar-refractivity contribution in [2.45, 2.75) is 38.3 Å². The lowest BCUT2D eigenvalue weighted by molar-refractivity contribution is -0.120. The van der Waals surface area contributed by atoms with Crippen LogP contribution in [0.25, 0.3) is 10.9 Å². The first-order chi connectivity index (χ1) is 11.0. The summed E-state index contributed by atoms with van der Waals surface area (Å²) in [6.07, 6.45) is 4.70. The number of Topliss-reactive ketones (excluding diaryl/α,β-unsaturated/α-hetero) is 1. The van der Waals surface area contributed by atoms with Gasteiger partial charge in [-0.2, -0.15) is 0 Å². The standard InChI is InChI=1S/C16H17F2N3O2/c17-13-6-12-15(7-14(13)18)20-9-21(16(12)23)8-11(22)5-10-3-1-2-4-19-10/h6-7,9-10,19H,1-5,8H2/t10-/m0/s1. The van der Waals surface area contributed by atoms with Crippen molar-refractivity contribution in [1.29, 1.82) is 0 Å². The van der Waals surface area contributed by atoms with E-state index in [1.807, 2.05) is 0 Å². The van der Waals surface area contributed by atoms with Gasteiger partial charge in [-0.15, -0.1) is 0 Å². The molecule has 0 amide bonds. The highest BCUT2D eigenvalue weighted by Gasteiger charge is 2.17. The minimum absolute atomic E-state index is 0.0324. The minimum Gasteiger partial charge on any atom is -0.314 e. The summed E-state index contributed by atoms with van der Waals surface area (Å²) < 4.78 is 27.6. The molecule has 2 aromatic rings. The zero-order chi connectivity index (χ0) is 16.4. The van der Waals surface area contributed by atoms with Crippen molar-refractivity contribution < 1.29 is 13.6 Å². The van der Waals surface area contributed by atoms with Gasteiger partial charge in [-0.3, -0.25) is 14.2 Å². The van der Waals surface area contributed by atoms with Crippen LogP contribution in [0.4, 0.5) is 8.78 Å². The van der Waals surface area contributed by atoms with Crippen LogP contribution in [0.5, 0.6) is 0 Å². The SMILES string of the molecule is O=C(C[C@@H]1CCCCN1)Cn1cnc2cc(F)c(F)cc2c1=O. The van der Waals surface area contributed by atoms with Gasteiger partial charge in [0.25, 0.3) is 5.56 Å². The summed E-state index contributed by atoms with van der Waals surface area (Å²) in [4.78, 5) is 28.3. The first-order valence-electron chi connectivity index (χ1n) is 7.64. The number of nitrogens with zero attached hydrogens (tertiary/aromatic N) is 2. The van der Waals surface area contributed by atoms with Gasteiger partial charge >= 0.3 is 0 Å². The molecule has 0 spiro atoms. The molecule has 1 aromatic heterocycles. The van der Waals surface area contributed by atoms with Crippen LogP contribution in [0, 0.1) is 11.6 Å². The lowest BCUT2D eigenvalue weighted by Gasteiger charge is -2.22. The highest BCUT2D eigenvalue weighted by Crippen LogP contribution is 2.14. The van der Waals surface area contributed by atoms with Gasteiger partial charge in [-0.1, -0.05) is 6.42 Å². The zero-order valence-corrected chi connectivity index (χ0v) is 12.5. The fourth-order valence-electron chi connectivity index (χ4n) is 2.89. The summed E-state index contributed by atoms with van der Waals surface area (Å²) in [5, 5.41) is 3.25. The maximum Gasteiger partial charge on any atom is 0.261 e. The number of rotatable bonds is 4. The number of benzene rings is 1. The number of hydrogen-bond acceptors (Lipinski definition) is 4. The number of carbonyl (C=O) groups excluding carboxylic acids is 1. The number of carbonyl (C=O) groups is 1. The highest BCUT2D eigenvalue weighted by molar-refractivity contribution is 5.80. The molecule has 1 aromatic carbocycles. The Hall–Kier alpha value is -2.15. The van der Waals surface area contributed by atoms with E-state index in [2.05, 4.69) is 10.3 Å². The number of piperidine rings is 1. The Labute approximate surface area is 131 Å². The second kappa shape index (κ2) is 6.54. The van der Waals surface area contributed by atoms with Gasteiger partial charge < -0.3 is 5.32 Å². The van der Waals surface area contributed by atoms with E-state index in [4.69, 9.17) is 0 Å². The first kappa shape index (κ1) is 15.7. The maximum absolute atomic E-state index is 13.3. The Kier molecular flexibility index (Phi) is 4.47. The molecular weight excluding hydrogens is 304 g/mol. The van der Waals surface area contributed by atoms with E-state index in [-0.39, 0.29) is 29.3 Å². The van der Waals surface area contributed by atoms with Crippen molar-refractivity contribution in [3.8, 4) is 0 Å². The molecule has 1 aliphatic rings. The lowest BCUT2D eigenvalue weighted by Crippen LogP contribution is -2.37. The van der Waals surface area contributed by atoms with E-state index in [0.29, 0.717) is 6.42 Å². The molecule has 3 rings (SSSR count). The van der Waals surface area contributed by atoms with Gasteiger partial charge in [0.2, 0.25) is 0 Å². The van der Waals surface area contributed by atoms with Gasteiger partial charge in [-0.05, 0) is 25.5 Å². The van der Waals surface area contributed by atoms with Gasteiger partial charge in [0.1, 0.15) is 0 Å². The molecule has 1 fully saturated rings. The van der Waals surface area contributed by atoms with Crippen LogP contribution < -0.4 is 10.9 Å². The Morgan fingerprint density at radius 1 is 1.30 bits per heavy atom. The topological polar surface area (TPSA) is 64.0 Å². The predicted octanol–water partition coefficient (Wildman–Crippen LogP) is 1.78. The monoisotopic (exact) mass is 321 g/mol. The smallest absolute Gasteiger partial charge is 0.261 e. The summed E-state index contributed by atoms with van der Waals surface area (Å²) >= 11 is 0. The largest absolute Gasteiger partial charge is 0.314 e. The van der Waals surface area contributed by atoms with E-state index in [1.54, 1.807) is 0 Å².